The number of carbonyl (C=O) groups is 1. The molecule has 0 spiro atoms. The Kier molecular flexibility index (Phi) is 12.4. The molecule has 1 aromatic carbocycles. The van der Waals surface area contributed by atoms with Gasteiger partial charge >= 0.3 is 24.8 Å². The van der Waals surface area contributed by atoms with E-state index in [4.69, 9.17) is 9.84 Å². The van der Waals surface area contributed by atoms with Gasteiger partial charge in [-0.25, -0.2) is 4.79 Å². The van der Waals surface area contributed by atoms with E-state index in [1.54, 1.807) is 24.3 Å². The number of aliphatic carboxylic acids is 1. The zero-order valence-electron chi connectivity index (χ0n) is 9.57. The minimum atomic E-state index is -0.974. The molecule has 0 aromatic heterocycles. The minimum absolute atomic E-state index is 0. The summed E-state index contributed by atoms with van der Waals surface area (Å²) in [5.74, 6) is -0.418. The first-order valence-electron chi connectivity index (χ1n) is 4.49. The fourth-order valence-electron chi connectivity index (χ4n) is 0.676. The molecular weight excluding hydrogens is 267 g/mol. The van der Waals surface area contributed by atoms with Crippen LogP contribution in [0, 0.1) is 6.92 Å². The fraction of sp³-hybridized carbons (Fsp3) is 0.273. The Balaban J connectivity index is 0. The smallest absolute Gasteiger partial charge is 0.482 e. The average Bonchev–Trinajstić information content (AvgIpc) is 2.18. The molecule has 5 heteroatoms. The first-order valence-corrected chi connectivity index (χ1v) is 5.28. The standard InChI is InChI=1S/C8H7BrO3.C3H7.Li/c9-6-1-3-7(4-2-6)12-5-8(10)11;1-3-2;/h1-4H,5H2,(H,10,11);1,3H2,2H3;/q;-1;+1. The molecule has 1 aromatic rings. The van der Waals surface area contributed by atoms with Crippen LogP contribution in [-0.4, -0.2) is 17.7 Å². The summed E-state index contributed by atoms with van der Waals surface area (Å²) in [5, 5.41) is 8.30. The van der Waals surface area contributed by atoms with Crippen molar-refractivity contribution in [1.29, 1.82) is 0 Å². The third-order valence-corrected chi connectivity index (χ3v) is 1.70. The second-order valence-corrected chi connectivity index (χ2v) is 3.55. The van der Waals surface area contributed by atoms with Crippen LogP contribution < -0.4 is 23.6 Å². The molecule has 0 aliphatic carbocycles. The van der Waals surface area contributed by atoms with Crippen LogP contribution in [0.4, 0.5) is 0 Å². The quantitative estimate of drug-likeness (QED) is 0.633. The molecule has 3 nitrogen and oxygen atoms in total. The molecule has 0 heterocycles. The molecule has 0 unspecified atom stereocenters. The predicted molar refractivity (Wildman–Crippen MR) is 62.9 cm³/mol. The molecule has 0 aliphatic rings. The van der Waals surface area contributed by atoms with Gasteiger partial charge in [0.15, 0.2) is 6.61 Å². The van der Waals surface area contributed by atoms with Crippen LogP contribution in [0.25, 0.3) is 0 Å². The Bertz CT molecular complexity index is 288. The van der Waals surface area contributed by atoms with Crippen molar-refractivity contribution in [2.45, 2.75) is 13.3 Å². The van der Waals surface area contributed by atoms with E-state index in [0.717, 1.165) is 10.9 Å². The number of carboxylic acid groups (broad SMARTS) is 1. The predicted octanol–water partition coefficient (Wildman–Crippen LogP) is 0.147. The molecule has 1 rings (SSSR count). The number of rotatable bonds is 3. The van der Waals surface area contributed by atoms with Crippen molar-refractivity contribution in [3.63, 3.8) is 0 Å². The summed E-state index contributed by atoms with van der Waals surface area (Å²) in [4.78, 5) is 10.1. The maximum Gasteiger partial charge on any atom is 1.00 e. The van der Waals surface area contributed by atoms with Gasteiger partial charge in [-0.05, 0) is 24.3 Å². The van der Waals surface area contributed by atoms with Gasteiger partial charge in [0.25, 0.3) is 0 Å². The Labute approximate surface area is 116 Å². The van der Waals surface area contributed by atoms with Gasteiger partial charge in [0, 0.05) is 4.47 Å². The van der Waals surface area contributed by atoms with Crippen LogP contribution in [-0.2, 0) is 4.79 Å². The average molecular weight is 281 g/mol. The SMILES string of the molecule is O=C(O)COc1ccc(Br)cc1.[CH2-]CC.[Li+]. The van der Waals surface area contributed by atoms with Crippen molar-refractivity contribution >= 4 is 21.9 Å². The summed E-state index contributed by atoms with van der Waals surface area (Å²) in [6.45, 7) is 5.20. The summed E-state index contributed by atoms with van der Waals surface area (Å²) in [7, 11) is 0. The zero-order valence-corrected chi connectivity index (χ0v) is 11.2. The van der Waals surface area contributed by atoms with Crippen molar-refractivity contribution in [3.05, 3.63) is 35.7 Å². The number of ether oxygens (including phenoxy) is 1. The first-order chi connectivity index (χ1) is 7.10. The molecule has 0 radical (unpaired) electrons. The van der Waals surface area contributed by atoms with Crippen LogP contribution in [0.5, 0.6) is 5.75 Å². The molecule has 0 fully saturated rings. The van der Waals surface area contributed by atoms with Crippen LogP contribution in [0.15, 0.2) is 28.7 Å². The van der Waals surface area contributed by atoms with E-state index in [-0.39, 0.29) is 25.5 Å². The van der Waals surface area contributed by atoms with Gasteiger partial charge in [0.2, 0.25) is 0 Å². The molecule has 84 valence electrons. The number of carboxylic acids is 1. The molecular formula is C11H14BrLiO3. The summed E-state index contributed by atoms with van der Waals surface area (Å²) in [5.41, 5.74) is 0. The summed E-state index contributed by atoms with van der Waals surface area (Å²) in [6, 6.07) is 6.98. The molecule has 16 heavy (non-hydrogen) atoms. The van der Waals surface area contributed by atoms with Gasteiger partial charge in [-0.2, -0.15) is 6.42 Å². The Morgan fingerprint density at radius 2 is 1.88 bits per heavy atom. The van der Waals surface area contributed by atoms with Gasteiger partial charge in [0.05, 0.1) is 0 Å². The molecule has 0 amide bonds. The summed E-state index contributed by atoms with van der Waals surface area (Å²) in [6.07, 6.45) is 1.00. The summed E-state index contributed by atoms with van der Waals surface area (Å²) < 4.78 is 5.84. The summed E-state index contributed by atoms with van der Waals surface area (Å²) >= 11 is 3.25. The van der Waals surface area contributed by atoms with Crippen LogP contribution in [0.1, 0.15) is 13.3 Å². The Morgan fingerprint density at radius 1 is 1.44 bits per heavy atom. The van der Waals surface area contributed by atoms with Crippen molar-refractivity contribution < 1.29 is 33.5 Å². The van der Waals surface area contributed by atoms with Crippen LogP contribution >= 0.6 is 15.9 Å². The molecule has 0 aliphatic heterocycles. The van der Waals surface area contributed by atoms with Crippen LogP contribution in [0.2, 0.25) is 0 Å². The molecule has 0 saturated heterocycles. The van der Waals surface area contributed by atoms with E-state index in [2.05, 4.69) is 22.9 Å². The number of hydrogen-bond donors (Lipinski definition) is 1. The number of hydrogen-bond acceptors (Lipinski definition) is 2. The van der Waals surface area contributed by atoms with E-state index in [0.29, 0.717) is 5.75 Å². The molecule has 1 N–H and O–H groups in total. The zero-order chi connectivity index (χ0) is 11.7. The van der Waals surface area contributed by atoms with Gasteiger partial charge in [-0.3, -0.25) is 0 Å². The largest absolute Gasteiger partial charge is 1.00 e. The van der Waals surface area contributed by atoms with Gasteiger partial charge in [-0.1, -0.05) is 22.9 Å². The third-order valence-electron chi connectivity index (χ3n) is 1.18. The molecule has 0 saturated carbocycles. The maximum atomic E-state index is 10.1. The van der Waals surface area contributed by atoms with E-state index in [1.807, 2.05) is 6.92 Å². The third kappa shape index (κ3) is 10.1. The van der Waals surface area contributed by atoms with Crippen molar-refractivity contribution in [3.8, 4) is 5.75 Å². The van der Waals surface area contributed by atoms with Gasteiger partial charge in [0.1, 0.15) is 5.75 Å². The van der Waals surface area contributed by atoms with Gasteiger partial charge in [-0.15, -0.1) is 0 Å². The first kappa shape index (κ1) is 17.9. The van der Waals surface area contributed by atoms with E-state index < -0.39 is 5.97 Å². The van der Waals surface area contributed by atoms with Crippen molar-refractivity contribution in [2.75, 3.05) is 6.61 Å². The van der Waals surface area contributed by atoms with Crippen molar-refractivity contribution in [1.82, 2.24) is 0 Å². The van der Waals surface area contributed by atoms with E-state index >= 15 is 0 Å². The molecule has 0 bridgehead atoms. The van der Waals surface area contributed by atoms with Crippen molar-refractivity contribution in [2.24, 2.45) is 0 Å². The Hall–Kier alpha value is -0.433. The van der Waals surface area contributed by atoms with E-state index in [1.165, 1.54) is 0 Å². The minimum Gasteiger partial charge on any atom is -0.482 e. The monoisotopic (exact) mass is 280 g/mol. The van der Waals surface area contributed by atoms with E-state index in [9.17, 15) is 4.79 Å². The van der Waals surface area contributed by atoms with Gasteiger partial charge < -0.3 is 16.8 Å². The maximum absolute atomic E-state index is 10.1. The normalized spacial score (nSPS) is 8.19. The number of benzene rings is 1. The molecule has 0 atom stereocenters. The fourth-order valence-corrected chi connectivity index (χ4v) is 0.940. The second kappa shape index (κ2) is 11.1. The number of halogens is 1. The second-order valence-electron chi connectivity index (χ2n) is 2.64. The Morgan fingerprint density at radius 3 is 2.25 bits per heavy atom. The van der Waals surface area contributed by atoms with Crippen LogP contribution in [0.3, 0.4) is 0 Å². The topological polar surface area (TPSA) is 46.5 Å².